The monoisotopic (exact) mass is 359 g/mol. The average Bonchev–Trinajstić information content (AvgIpc) is 2.36. The van der Waals surface area contributed by atoms with Gasteiger partial charge in [-0.05, 0) is 36.8 Å². The van der Waals surface area contributed by atoms with E-state index < -0.39 is 21.6 Å². The first-order chi connectivity index (χ1) is 9.29. The van der Waals surface area contributed by atoms with Crippen molar-refractivity contribution >= 4 is 31.6 Å². The third kappa shape index (κ3) is 3.10. The highest BCUT2D eigenvalue weighted by atomic mass is 79.9. The maximum atomic E-state index is 13.2. The highest BCUT2D eigenvalue weighted by molar-refractivity contribution is 9.10. The van der Waals surface area contributed by atoms with E-state index in [1.54, 1.807) is 19.1 Å². The molecule has 0 fully saturated rings. The number of phenols is 1. The van der Waals surface area contributed by atoms with Crippen molar-refractivity contribution in [3.05, 3.63) is 52.3 Å². The first-order valence-corrected chi connectivity index (χ1v) is 7.85. The Morgan fingerprint density at radius 1 is 1.20 bits per heavy atom. The van der Waals surface area contributed by atoms with Crippen molar-refractivity contribution in [2.75, 3.05) is 4.72 Å². The molecule has 0 heterocycles. The molecular weight excluding hydrogens is 349 g/mol. The molecule has 0 aliphatic carbocycles. The lowest BCUT2D eigenvalue weighted by molar-refractivity contribution is 0.432. The molecule has 0 atom stereocenters. The van der Waals surface area contributed by atoms with Gasteiger partial charge in [-0.3, -0.25) is 4.72 Å². The number of aryl methyl sites for hydroxylation is 1. The molecule has 0 spiro atoms. The smallest absolute Gasteiger partial charge is 0.262 e. The van der Waals surface area contributed by atoms with Crippen LogP contribution in [0.3, 0.4) is 0 Å². The Morgan fingerprint density at radius 2 is 1.90 bits per heavy atom. The van der Waals surface area contributed by atoms with Gasteiger partial charge in [0, 0.05) is 10.5 Å². The molecule has 2 aromatic rings. The summed E-state index contributed by atoms with van der Waals surface area (Å²) in [5.74, 6) is -1.43. The molecule has 0 saturated heterocycles. The molecule has 0 aliphatic rings. The Morgan fingerprint density at radius 3 is 2.55 bits per heavy atom. The second kappa shape index (κ2) is 5.41. The molecule has 106 valence electrons. The van der Waals surface area contributed by atoms with E-state index in [0.29, 0.717) is 10.0 Å². The van der Waals surface area contributed by atoms with Crippen LogP contribution >= 0.6 is 15.9 Å². The molecule has 7 heteroatoms. The molecule has 0 bridgehead atoms. The Hall–Kier alpha value is -1.60. The van der Waals surface area contributed by atoms with Crippen LogP contribution in [0, 0.1) is 12.7 Å². The molecule has 0 saturated carbocycles. The molecule has 2 aromatic carbocycles. The zero-order valence-electron chi connectivity index (χ0n) is 10.4. The Balaban J connectivity index is 2.40. The SMILES string of the molecule is Cc1ccc(Br)cc1S(=O)(=O)Nc1ccc(O)c(F)c1. The van der Waals surface area contributed by atoms with Crippen LogP contribution in [-0.4, -0.2) is 13.5 Å². The van der Waals surface area contributed by atoms with Crippen molar-refractivity contribution in [1.29, 1.82) is 0 Å². The van der Waals surface area contributed by atoms with Crippen LogP contribution in [0.25, 0.3) is 0 Å². The summed E-state index contributed by atoms with van der Waals surface area (Å²) in [7, 11) is -3.82. The maximum absolute atomic E-state index is 13.2. The number of hydrogen-bond acceptors (Lipinski definition) is 3. The number of rotatable bonds is 3. The first-order valence-electron chi connectivity index (χ1n) is 5.57. The summed E-state index contributed by atoms with van der Waals surface area (Å²) in [6.45, 7) is 1.67. The van der Waals surface area contributed by atoms with Crippen molar-refractivity contribution in [2.45, 2.75) is 11.8 Å². The van der Waals surface area contributed by atoms with Gasteiger partial charge in [0.1, 0.15) is 0 Å². The number of aromatic hydroxyl groups is 1. The average molecular weight is 360 g/mol. The summed E-state index contributed by atoms with van der Waals surface area (Å²) in [6, 6.07) is 8.14. The summed E-state index contributed by atoms with van der Waals surface area (Å²) in [5.41, 5.74) is 0.611. The third-order valence-electron chi connectivity index (χ3n) is 2.64. The van der Waals surface area contributed by atoms with E-state index in [1.165, 1.54) is 12.1 Å². The number of benzene rings is 2. The second-order valence-electron chi connectivity index (χ2n) is 4.18. The lowest BCUT2D eigenvalue weighted by atomic mass is 10.2. The van der Waals surface area contributed by atoms with E-state index in [1.807, 2.05) is 0 Å². The van der Waals surface area contributed by atoms with Gasteiger partial charge in [0.15, 0.2) is 11.6 Å². The van der Waals surface area contributed by atoms with Crippen molar-refractivity contribution < 1.29 is 17.9 Å². The van der Waals surface area contributed by atoms with Crippen LogP contribution < -0.4 is 4.72 Å². The number of sulfonamides is 1. The highest BCUT2D eigenvalue weighted by Crippen LogP contribution is 2.25. The van der Waals surface area contributed by atoms with E-state index in [4.69, 9.17) is 5.11 Å². The number of hydrogen-bond donors (Lipinski definition) is 2. The highest BCUT2D eigenvalue weighted by Gasteiger charge is 2.18. The summed E-state index contributed by atoms with van der Waals surface area (Å²) >= 11 is 3.21. The number of halogens is 2. The molecule has 0 aliphatic heterocycles. The quantitative estimate of drug-likeness (QED) is 0.825. The zero-order valence-corrected chi connectivity index (χ0v) is 12.8. The van der Waals surface area contributed by atoms with Gasteiger partial charge in [-0.15, -0.1) is 0 Å². The van der Waals surface area contributed by atoms with Gasteiger partial charge in [-0.2, -0.15) is 0 Å². The second-order valence-corrected chi connectivity index (χ2v) is 6.75. The molecule has 0 unspecified atom stereocenters. The predicted octanol–water partition coefficient (Wildman–Crippen LogP) is 3.40. The molecule has 20 heavy (non-hydrogen) atoms. The van der Waals surface area contributed by atoms with Crippen LogP contribution in [0.4, 0.5) is 10.1 Å². The van der Waals surface area contributed by atoms with E-state index in [9.17, 15) is 12.8 Å². The summed E-state index contributed by atoms with van der Waals surface area (Å²) in [4.78, 5) is 0.0976. The first kappa shape index (κ1) is 14.8. The molecule has 0 aromatic heterocycles. The number of phenolic OH excluding ortho intramolecular Hbond substituents is 1. The van der Waals surface area contributed by atoms with Crippen molar-refractivity contribution in [1.82, 2.24) is 0 Å². The fourth-order valence-electron chi connectivity index (χ4n) is 1.64. The van der Waals surface area contributed by atoms with Gasteiger partial charge < -0.3 is 5.11 Å². The molecule has 2 rings (SSSR count). The predicted molar refractivity (Wildman–Crippen MR) is 77.8 cm³/mol. The topological polar surface area (TPSA) is 66.4 Å². The van der Waals surface area contributed by atoms with Gasteiger partial charge >= 0.3 is 0 Å². The Bertz CT molecular complexity index is 762. The van der Waals surface area contributed by atoms with Crippen molar-refractivity contribution in [3.8, 4) is 5.75 Å². The van der Waals surface area contributed by atoms with Crippen LogP contribution in [0.5, 0.6) is 5.75 Å². The van der Waals surface area contributed by atoms with Gasteiger partial charge in [-0.25, -0.2) is 12.8 Å². The molecular formula is C13H11BrFNO3S. The van der Waals surface area contributed by atoms with Gasteiger partial charge in [-0.1, -0.05) is 22.0 Å². The minimum atomic E-state index is -3.82. The van der Waals surface area contributed by atoms with E-state index in [-0.39, 0.29) is 10.6 Å². The number of anilines is 1. The van der Waals surface area contributed by atoms with Crippen LogP contribution in [-0.2, 0) is 10.0 Å². The van der Waals surface area contributed by atoms with Gasteiger partial charge in [0.05, 0.1) is 10.6 Å². The molecule has 0 amide bonds. The summed E-state index contributed by atoms with van der Waals surface area (Å²) < 4.78 is 40.6. The minimum Gasteiger partial charge on any atom is -0.505 e. The maximum Gasteiger partial charge on any atom is 0.262 e. The Kier molecular flexibility index (Phi) is 4.01. The van der Waals surface area contributed by atoms with Gasteiger partial charge in [0.25, 0.3) is 10.0 Å². The van der Waals surface area contributed by atoms with Crippen molar-refractivity contribution in [2.24, 2.45) is 0 Å². The fraction of sp³-hybridized carbons (Fsp3) is 0.0769. The largest absolute Gasteiger partial charge is 0.505 e. The normalized spacial score (nSPS) is 11.3. The van der Waals surface area contributed by atoms with Crippen LogP contribution in [0.1, 0.15) is 5.56 Å². The Labute approximate surface area is 124 Å². The molecule has 0 radical (unpaired) electrons. The van der Waals surface area contributed by atoms with E-state index in [2.05, 4.69) is 20.7 Å². The zero-order chi connectivity index (χ0) is 14.9. The summed E-state index contributed by atoms with van der Waals surface area (Å²) in [6.07, 6.45) is 0. The lowest BCUT2D eigenvalue weighted by Crippen LogP contribution is -2.14. The standard InChI is InChI=1S/C13H11BrFNO3S/c1-8-2-3-9(14)6-13(8)20(18,19)16-10-4-5-12(17)11(15)7-10/h2-7,16-17H,1H3. The fourth-order valence-corrected chi connectivity index (χ4v) is 3.48. The van der Waals surface area contributed by atoms with Gasteiger partial charge in [0.2, 0.25) is 0 Å². The van der Waals surface area contributed by atoms with Crippen molar-refractivity contribution in [3.63, 3.8) is 0 Å². The van der Waals surface area contributed by atoms with E-state index in [0.717, 1.165) is 12.1 Å². The number of nitrogens with one attached hydrogen (secondary N) is 1. The summed E-state index contributed by atoms with van der Waals surface area (Å²) in [5, 5.41) is 9.08. The lowest BCUT2D eigenvalue weighted by Gasteiger charge is -2.11. The molecule has 2 N–H and O–H groups in total. The van der Waals surface area contributed by atoms with Crippen LogP contribution in [0.2, 0.25) is 0 Å². The van der Waals surface area contributed by atoms with Crippen LogP contribution in [0.15, 0.2) is 45.8 Å². The third-order valence-corrected chi connectivity index (χ3v) is 4.66. The molecule has 4 nitrogen and oxygen atoms in total. The van der Waals surface area contributed by atoms with E-state index >= 15 is 0 Å². The minimum absolute atomic E-state index is 0.0414.